The second-order valence-electron chi connectivity index (χ2n) is 5.75. The van der Waals surface area contributed by atoms with Gasteiger partial charge in [0.15, 0.2) is 11.5 Å². The lowest BCUT2D eigenvalue weighted by Crippen LogP contribution is -2.25. The van der Waals surface area contributed by atoms with Gasteiger partial charge in [-0.05, 0) is 30.3 Å². The van der Waals surface area contributed by atoms with Crippen LogP contribution in [-0.4, -0.2) is 29.9 Å². The highest BCUT2D eigenvalue weighted by Crippen LogP contribution is 2.33. The summed E-state index contributed by atoms with van der Waals surface area (Å²) in [5, 5.41) is 5.40. The van der Waals surface area contributed by atoms with Crippen LogP contribution in [0.25, 0.3) is 0 Å². The number of amides is 1. The first-order valence-electron chi connectivity index (χ1n) is 8.06. The quantitative estimate of drug-likeness (QED) is 0.609. The van der Waals surface area contributed by atoms with Crippen LogP contribution >= 0.6 is 0 Å². The third kappa shape index (κ3) is 3.89. The number of carbonyl (C=O) groups excluding carboxylic acids is 2. The highest BCUT2D eigenvalue weighted by Gasteiger charge is 2.33. The SMILES string of the molecule is COc1cc(C2=NN(C(C)=O)[C@H](c3ccc(F)cc3)O2)ccc1OC(C)=O. The summed E-state index contributed by atoms with van der Waals surface area (Å²) in [5.74, 6) is -0.442. The van der Waals surface area contributed by atoms with Crippen molar-refractivity contribution in [3.8, 4) is 11.5 Å². The summed E-state index contributed by atoms with van der Waals surface area (Å²) in [5.41, 5.74) is 1.10. The minimum atomic E-state index is -0.808. The lowest BCUT2D eigenvalue weighted by molar-refractivity contribution is -0.135. The Bertz CT molecular complexity index is 911. The molecule has 2 aromatic rings. The minimum Gasteiger partial charge on any atom is -0.493 e. The summed E-state index contributed by atoms with van der Waals surface area (Å²) in [6.45, 7) is 2.65. The molecule has 8 heteroatoms. The van der Waals surface area contributed by atoms with Crippen LogP contribution in [0.3, 0.4) is 0 Å². The Morgan fingerprint density at radius 3 is 2.41 bits per heavy atom. The van der Waals surface area contributed by atoms with Crippen molar-refractivity contribution in [1.29, 1.82) is 0 Å². The number of ether oxygens (including phenoxy) is 3. The number of nitrogens with zero attached hydrogens (tertiary/aromatic N) is 2. The standard InChI is InChI=1S/C19H17FN2O5/c1-11(23)22-19(13-4-7-15(20)8-5-13)27-18(21-22)14-6-9-16(26-12(2)24)17(10-14)25-3/h4-10,19H,1-3H3/t19-/m0/s1. The molecule has 0 N–H and O–H groups in total. The maximum Gasteiger partial charge on any atom is 0.308 e. The summed E-state index contributed by atoms with van der Waals surface area (Å²) >= 11 is 0. The van der Waals surface area contributed by atoms with Crippen molar-refractivity contribution in [3.05, 3.63) is 59.4 Å². The third-order valence-electron chi connectivity index (χ3n) is 3.79. The lowest BCUT2D eigenvalue weighted by Gasteiger charge is -2.19. The number of halogens is 1. The molecule has 1 aliphatic heterocycles. The van der Waals surface area contributed by atoms with Crippen LogP contribution in [0.15, 0.2) is 47.6 Å². The largest absolute Gasteiger partial charge is 0.493 e. The molecule has 140 valence electrons. The third-order valence-corrected chi connectivity index (χ3v) is 3.79. The molecule has 2 aromatic carbocycles. The topological polar surface area (TPSA) is 77.4 Å². The van der Waals surface area contributed by atoms with E-state index < -0.39 is 18.0 Å². The molecule has 1 aliphatic rings. The van der Waals surface area contributed by atoms with Crippen LogP contribution in [0.5, 0.6) is 11.5 Å². The van der Waals surface area contributed by atoms with E-state index >= 15 is 0 Å². The van der Waals surface area contributed by atoms with E-state index in [0.29, 0.717) is 16.9 Å². The van der Waals surface area contributed by atoms with Crippen molar-refractivity contribution in [1.82, 2.24) is 5.01 Å². The first-order valence-corrected chi connectivity index (χ1v) is 8.06. The number of methoxy groups -OCH3 is 1. The van der Waals surface area contributed by atoms with Crippen molar-refractivity contribution in [3.63, 3.8) is 0 Å². The molecule has 27 heavy (non-hydrogen) atoms. The second kappa shape index (κ2) is 7.45. The van der Waals surface area contributed by atoms with Crippen molar-refractivity contribution in [2.45, 2.75) is 20.1 Å². The number of hydrazone groups is 1. The first-order chi connectivity index (χ1) is 12.9. The minimum absolute atomic E-state index is 0.187. The molecule has 0 aliphatic carbocycles. The Hall–Kier alpha value is -3.42. The highest BCUT2D eigenvalue weighted by molar-refractivity contribution is 5.97. The van der Waals surface area contributed by atoms with E-state index in [1.165, 1.54) is 50.2 Å². The van der Waals surface area contributed by atoms with E-state index in [9.17, 15) is 14.0 Å². The summed E-state index contributed by atoms with van der Waals surface area (Å²) < 4.78 is 29.3. The van der Waals surface area contributed by atoms with E-state index in [-0.39, 0.29) is 17.6 Å². The summed E-state index contributed by atoms with van der Waals surface area (Å²) in [6.07, 6.45) is -0.808. The van der Waals surface area contributed by atoms with Crippen molar-refractivity contribution < 1.29 is 28.2 Å². The Morgan fingerprint density at radius 1 is 1.11 bits per heavy atom. The van der Waals surface area contributed by atoms with Gasteiger partial charge in [0.2, 0.25) is 18.0 Å². The average molecular weight is 372 g/mol. The van der Waals surface area contributed by atoms with Gasteiger partial charge in [-0.15, -0.1) is 5.10 Å². The van der Waals surface area contributed by atoms with Gasteiger partial charge in [0, 0.05) is 25.0 Å². The number of benzene rings is 2. The van der Waals surface area contributed by atoms with Gasteiger partial charge >= 0.3 is 5.97 Å². The van der Waals surface area contributed by atoms with Gasteiger partial charge in [-0.2, -0.15) is 5.01 Å². The van der Waals surface area contributed by atoms with Crippen LogP contribution < -0.4 is 9.47 Å². The fraction of sp³-hybridized carbons (Fsp3) is 0.211. The second-order valence-corrected chi connectivity index (χ2v) is 5.75. The van der Waals surface area contributed by atoms with Crippen LogP contribution in [-0.2, 0) is 14.3 Å². The van der Waals surface area contributed by atoms with Gasteiger partial charge in [0.1, 0.15) is 5.82 Å². The fourth-order valence-corrected chi connectivity index (χ4v) is 2.57. The number of hydrogen-bond acceptors (Lipinski definition) is 6. The monoisotopic (exact) mass is 372 g/mol. The van der Waals surface area contributed by atoms with Gasteiger partial charge < -0.3 is 14.2 Å². The van der Waals surface area contributed by atoms with Gasteiger partial charge in [-0.3, -0.25) is 9.59 Å². The average Bonchev–Trinajstić information content (AvgIpc) is 3.08. The van der Waals surface area contributed by atoms with E-state index in [4.69, 9.17) is 14.2 Å². The fourth-order valence-electron chi connectivity index (χ4n) is 2.57. The molecule has 0 unspecified atom stereocenters. The normalized spacial score (nSPS) is 15.8. The number of hydrogen-bond donors (Lipinski definition) is 0. The smallest absolute Gasteiger partial charge is 0.308 e. The van der Waals surface area contributed by atoms with Gasteiger partial charge in [-0.1, -0.05) is 12.1 Å². The molecular weight excluding hydrogens is 355 g/mol. The summed E-state index contributed by atoms with van der Waals surface area (Å²) in [6, 6.07) is 10.4. The molecular formula is C19H17FN2O5. The Labute approximate surface area is 154 Å². The lowest BCUT2D eigenvalue weighted by atomic mass is 10.2. The Balaban J connectivity index is 1.92. The molecule has 0 bridgehead atoms. The molecule has 0 fully saturated rings. The zero-order valence-electron chi connectivity index (χ0n) is 14.9. The van der Waals surface area contributed by atoms with Crippen molar-refractivity contribution in [2.24, 2.45) is 5.10 Å². The van der Waals surface area contributed by atoms with E-state index in [1.54, 1.807) is 18.2 Å². The van der Waals surface area contributed by atoms with Gasteiger partial charge in [0.25, 0.3) is 0 Å². The van der Waals surface area contributed by atoms with Crippen molar-refractivity contribution in [2.75, 3.05) is 7.11 Å². The number of esters is 1. The maximum absolute atomic E-state index is 13.2. The molecule has 7 nitrogen and oxygen atoms in total. The Morgan fingerprint density at radius 2 is 1.81 bits per heavy atom. The molecule has 1 heterocycles. The molecule has 3 rings (SSSR count). The zero-order chi connectivity index (χ0) is 19.6. The predicted octanol–water partition coefficient (Wildman–Crippen LogP) is 3.00. The Kier molecular flexibility index (Phi) is 5.07. The van der Waals surface area contributed by atoms with Crippen LogP contribution in [0.4, 0.5) is 4.39 Å². The molecule has 0 saturated heterocycles. The number of rotatable bonds is 4. The molecule has 0 radical (unpaired) electrons. The molecule has 0 spiro atoms. The van der Waals surface area contributed by atoms with Crippen LogP contribution in [0, 0.1) is 5.82 Å². The van der Waals surface area contributed by atoms with Crippen LogP contribution in [0.2, 0.25) is 0 Å². The van der Waals surface area contributed by atoms with E-state index in [1.807, 2.05) is 0 Å². The summed E-state index contributed by atoms with van der Waals surface area (Å²) in [4.78, 5) is 23.1. The molecule has 0 saturated carbocycles. The van der Waals surface area contributed by atoms with Crippen LogP contribution in [0.1, 0.15) is 31.2 Å². The maximum atomic E-state index is 13.2. The first kappa shape index (κ1) is 18.4. The van der Waals surface area contributed by atoms with E-state index in [0.717, 1.165) is 0 Å². The number of carbonyl (C=O) groups is 2. The van der Waals surface area contributed by atoms with Gasteiger partial charge in [-0.25, -0.2) is 4.39 Å². The van der Waals surface area contributed by atoms with Gasteiger partial charge in [0.05, 0.1) is 7.11 Å². The molecule has 0 aromatic heterocycles. The molecule has 1 atom stereocenters. The van der Waals surface area contributed by atoms with E-state index in [2.05, 4.69) is 5.10 Å². The summed E-state index contributed by atoms with van der Waals surface area (Å²) in [7, 11) is 1.44. The zero-order valence-corrected chi connectivity index (χ0v) is 14.9. The highest BCUT2D eigenvalue weighted by atomic mass is 19.1. The predicted molar refractivity (Wildman–Crippen MR) is 93.6 cm³/mol. The van der Waals surface area contributed by atoms with Crippen molar-refractivity contribution >= 4 is 17.8 Å². The molecule has 1 amide bonds.